The molecule has 2 nitrogen and oxygen atoms in total. The predicted octanol–water partition coefficient (Wildman–Crippen LogP) is 4.98. The van der Waals surface area contributed by atoms with Crippen molar-refractivity contribution >= 4 is 17.4 Å². The van der Waals surface area contributed by atoms with E-state index in [2.05, 4.69) is 49.5 Å². The monoisotopic (exact) mass is 287 g/mol. The first-order valence-corrected chi connectivity index (χ1v) is 7.86. The number of hydrogen-bond acceptors (Lipinski definition) is 3. The average Bonchev–Trinajstić information content (AvgIpc) is 2.49. The van der Waals surface area contributed by atoms with Gasteiger partial charge in [0.05, 0.1) is 13.2 Å². The van der Waals surface area contributed by atoms with Gasteiger partial charge < -0.3 is 10.1 Å². The van der Waals surface area contributed by atoms with Gasteiger partial charge in [0.2, 0.25) is 0 Å². The number of hydrogen-bond donors (Lipinski definition) is 1. The summed E-state index contributed by atoms with van der Waals surface area (Å²) in [4.78, 5) is 1.29. The Labute approximate surface area is 125 Å². The Kier molecular flexibility index (Phi) is 5.36. The number of thioether (sulfide) groups is 1. The van der Waals surface area contributed by atoms with Gasteiger partial charge >= 0.3 is 0 Å². The molecule has 2 rings (SSSR count). The minimum absolute atomic E-state index is 0.199. The second kappa shape index (κ2) is 7.25. The van der Waals surface area contributed by atoms with Crippen LogP contribution in [0.2, 0.25) is 0 Å². The van der Waals surface area contributed by atoms with E-state index >= 15 is 0 Å². The summed E-state index contributed by atoms with van der Waals surface area (Å²) < 4.78 is 5.44. The number of anilines is 1. The van der Waals surface area contributed by atoms with E-state index in [9.17, 15) is 0 Å². The topological polar surface area (TPSA) is 21.3 Å². The molecule has 0 aliphatic heterocycles. The molecule has 0 amide bonds. The molecule has 0 aromatic heterocycles. The fraction of sp³-hybridized carbons (Fsp3) is 0.294. The molecule has 20 heavy (non-hydrogen) atoms. The Hall–Kier alpha value is -1.61. The highest BCUT2D eigenvalue weighted by atomic mass is 32.2. The summed E-state index contributed by atoms with van der Waals surface area (Å²) in [6.45, 7) is 4.33. The van der Waals surface area contributed by atoms with E-state index in [1.54, 1.807) is 7.11 Å². The lowest BCUT2D eigenvalue weighted by Crippen LogP contribution is -2.08. The zero-order valence-corrected chi connectivity index (χ0v) is 13.0. The number of rotatable bonds is 6. The molecule has 0 saturated heterocycles. The van der Waals surface area contributed by atoms with Crippen molar-refractivity contribution in [2.24, 2.45) is 0 Å². The Bertz CT molecular complexity index is 556. The third-order valence-corrected chi connectivity index (χ3v) is 4.12. The summed E-state index contributed by atoms with van der Waals surface area (Å²) in [6.07, 6.45) is 0. The maximum Gasteiger partial charge on any atom is 0.124 e. The van der Waals surface area contributed by atoms with E-state index in [1.165, 1.54) is 16.1 Å². The maximum atomic E-state index is 5.44. The fourth-order valence-electron chi connectivity index (χ4n) is 2.20. The molecule has 2 aromatic rings. The van der Waals surface area contributed by atoms with Crippen LogP contribution < -0.4 is 10.1 Å². The van der Waals surface area contributed by atoms with Crippen molar-refractivity contribution in [3.63, 3.8) is 0 Å². The SMILES string of the molecule is CCSc1ccccc1NC(C)c1ccccc1OC. The predicted molar refractivity (Wildman–Crippen MR) is 87.9 cm³/mol. The summed E-state index contributed by atoms with van der Waals surface area (Å²) in [5, 5.41) is 3.59. The van der Waals surface area contributed by atoms with Gasteiger partial charge in [-0.2, -0.15) is 0 Å². The van der Waals surface area contributed by atoms with Gasteiger partial charge in [-0.25, -0.2) is 0 Å². The van der Waals surface area contributed by atoms with Crippen molar-refractivity contribution in [3.05, 3.63) is 54.1 Å². The Morgan fingerprint density at radius 2 is 1.80 bits per heavy atom. The minimum atomic E-state index is 0.199. The zero-order chi connectivity index (χ0) is 14.4. The minimum Gasteiger partial charge on any atom is -0.496 e. The molecular formula is C17H21NOS. The first-order valence-electron chi connectivity index (χ1n) is 6.87. The lowest BCUT2D eigenvalue weighted by Gasteiger charge is -2.20. The molecule has 0 spiro atoms. The highest BCUT2D eigenvalue weighted by Gasteiger charge is 2.12. The summed E-state index contributed by atoms with van der Waals surface area (Å²) in [5.41, 5.74) is 2.35. The van der Waals surface area contributed by atoms with Crippen LogP contribution in [-0.2, 0) is 0 Å². The van der Waals surface area contributed by atoms with Crippen molar-refractivity contribution in [1.82, 2.24) is 0 Å². The van der Waals surface area contributed by atoms with Gasteiger partial charge in [0.25, 0.3) is 0 Å². The Morgan fingerprint density at radius 1 is 1.10 bits per heavy atom. The molecule has 0 aliphatic carbocycles. The molecule has 0 bridgehead atoms. The second-order valence-corrected chi connectivity index (χ2v) is 5.84. The highest BCUT2D eigenvalue weighted by Crippen LogP contribution is 2.32. The molecule has 0 heterocycles. The van der Waals surface area contributed by atoms with E-state index in [-0.39, 0.29) is 6.04 Å². The van der Waals surface area contributed by atoms with Gasteiger partial charge in [-0.3, -0.25) is 0 Å². The molecule has 1 N–H and O–H groups in total. The quantitative estimate of drug-likeness (QED) is 0.757. The molecule has 0 fully saturated rings. The van der Waals surface area contributed by atoms with Gasteiger partial charge in [0, 0.05) is 16.1 Å². The second-order valence-electron chi connectivity index (χ2n) is 4.54. The molecule has 1 atom stereocenters. The molecule has 2 aromatic carbocycles. The first kappa shape index (κ1) is 14.8. The van der Waals surface area contributed by atoms with Crippen molar-refractivity contribution < 1.29 is 4.74 Å². The summed E-state index contributed by atoms with van der Waals surface area (Å²) in [5.74, 6) is 2.00. The third-order valence-electron chi connectivity index (χ3n) is 3.16. The highest BCUT2D eigenvalue weighted by molar-refractivity contribution is 7.99. The van der Waals surface area contributed by atoms with Crippen LogP contribution in [0.4, 0.5) is 5.69 Å². The van der Waals surface area contributed by atoms with Crippen molar-refractivity contribution in [3.8, 4) is 5.75 Å². The van der Waals surface area contributed by atoms with Crippen LogP contribution in [0.1, 0.15) is 25.5 Å². The molecule has 106 valence electrons. The summed E-state index contributed by atoms with van der Waals surface area (Å²) in [7, 11) is 1.71. The van der Waals surface area contributed by atoms with Crippen LogP contribution in [0.3, 0.4) is 0 Å². The average molecular weight is 287 g/mol. The number of methoxy groups -OCH3 is 1. The molecule has 0 aliphatic rings. The lowest BCUT2D eigenvalue weighted by atomic mass is 10.1. The Morgan fingerprint density at radius 3 is 2.55 bits per heavy atom. The molecule has 3 heteroatoms. The molecule has 1 unspecified atom stereocenters. The molecule has 0 saturated carbocycles. The largest absolute Gasteiger partial charge is 0.496 e. The normalized spacial score (nSPS) is 11.9. The lowest BCUT2D eigenvalue weighted by molar-refractivity contribution is 0.408. The van der Waals surface area contributed by atoms with Gasteiger partial charge in [-0.1, -0.05) is 37.3 Å². The van der Waals surface area contributed by atoms with Crippen molar-refractivity contribution in [1.29, 1.82) is 0 Å². The van der Waals surface area contributed by atoms with Crippen LogP contribution in [0.5, 0.6) is 5.75 Å². The first-order chi connectivity index (χ1) is 9.76. The van der Waals surface area contributed by atoms with Gasteiger partial charge in [-0.05, 0) is 30.9 Å². The summed E-state index contributed by atoms with van der Waals surface area (Å²) >= 11 is 1.86. The van der Waals surface area contributed by atoms with E-state index in [0.717, 1.165) is 11.5 Å². The van der Waals surface area contributed by atoms with Crippen LogP contribution >= 0.6 is 11.8 Å². The van der Waals surface area contributed by atoms with Crippen LogP contribution in [-0.4, -0.2) is 12.9 Å². The molecule has 0 radical (unpaired) electrons. The third kappa shape index (κ3) is 3.48. The van der Waals surface area contributed by atoms with E-state index in [1.807, 2.05) is 30.0 Å². The van der Waals surface area contributed by atoms with Gasteiger partial charge in [-0.15, -0.1) is 11.8 Å². The number of para-hydroxylation sites is 2. The van der Waals surface area contributed by atoms with Crippen LogP contribution in [0.25, 0.3) is 0 Å². The maximum absolute atomic E-state index is 5.44. The van der Waals surface area contributed by atoms with Crippen molar-refractivity contribution in [2.75, 3.05) is 18.2 Å². The molecular weight excluding hydrogens is 266 g/mol. The zero-order valence-electron chi connectivity index (χ0n) is 12.2. The standard InChI is InChI=1S/C17H21NOS/c1-4-20-17-12-8-6-10-15(17)18-13(2)14-9-5-7-11-16(14)19-3/h5-13,18H,4H2,1-3H3. The summed E-state index contributed by atoms with van der Waals surface area (Å²) in [6, 6.07) is 16.8. The fourth-order valence-corrected chi connectivity index (χ4v) is 2.97. The number of benzene rings is 2. The van der Waals surface area contributed by atoms with Crippen molar-refractivity contribution in [2.45, 2.75) is 24.8 Å². The smallest absolute Gasteiger partial charge is 0.124 e. The van der Waals surface area contributed by atoms with Crippen LogP contribution in [0, 0.1) is 0 Å². The van der Waals surface area contributed by atoms with E-state index in [4.69, 9.17) is 4.74 Å². The van der Waals surface area contributed by atoms with E-state index < -0.39 is 0 Å². The number of ether oxygens (including phenoxy) is 1. The van der Waals surface area contributed by atoms with Gasteiger partial charge in [0.15, 0.2) is 0 Å². The van der Waals surface area contributed by atoms with Crippen LogP contribution in [0.15, 0.2) is 53.4 Å². The number of nitrogens with one attached hydrogen (secondary N) is 1. The van der Waals surface area contributed by atoms with Gasteiger partial charge in [0.1, 0.15) is 5.75 Å². The Balaban J connectivity index is 2.21. The van der Waals surface area contributed by atoms with E-state index in [0.29, 0.717) is 0 Å².